The van der Waals surface area contributed by atoms with Gasteiger partial charge >= 0.3 is 0 Å². The Kier molecular flexibility index (Phi) is 3.59. The third-order valence-electron chi connectivity index (χ3n) is 2.61. The molecule has 0 spiro atoms. The number of nitrogen functional groups attached to an aromatic ring is 1. The molecule has 0 radical (unpaired) electrons. The molecule has 0 atom stereocenters. The molecule has 0 fully saturated rings. The SMILES string of the molecule is Cc1cc(Oc2c(N)cccc2Cl)c(C#N)c(C)n1. The van der Waals surface area contributed by atoms with Crippen molar-refractivity contribution in [2.24, 2.45) is 0 Å². The molecule has 5 heteroatoms. The van der Waals surface area contributed by atoms with Crippen LogP contribution in [0, 0.1) is 25.2 Å². The molecule has 0 aliphatic rings. The van der Waals surface area contributed by atoms with Crippen molar-refractivity contribution in [1.82, 2.24) is 4.98 Å². The number of aryl methyl sites for hydroxylation is 2. The summed E-state index contributed by atoms with van der Waals surface area (Å²) in [5, 5.41) is 9.57. The van der Waals surface area contributed by atoms with E-state index in [-0.39, 0.29) is 0 Å². The van der Waals surface area contributed by atoms with E-state index in [9.17, 15) is 5.26 Å². The van der Waals surface area contributed by atoms with Gasteiger partial charge in [0.2, 0.25) is 0 Å². The first-order valence-corrected chi connectivity index (χ1v) is 6.01. The van der Waals surface area contributed by atoms with Crippen LogP contribution >= 0.6 is 11.6 Å². The summed E-state index contributed by atoms with van der Waals surface area (Å²) in [6.45, 7) is 3.59. The van der Waals surface area contributed by atoms with Gasteiger partial charge in [-0.2, -0.15) is 5.26 Å². The van der Waals surface area contributed by atoms with Crippen LogP contribution in [0.5, 0.6) is 11.5 Å². The molecule has 1 aromatic heterocycles. The van der Waals surface area contributed by atoms with Crippen molar-refractivity contribution in [1.29, 1.82) is 5.26 Å². The van der Waals surface area contributed by atoms with Crippen LogP contribution in [0.3, 0.4) is 0 Å². The van der Waals surface area contributed by atoms with Crippen molar-refractivity contribution in [2.45, 2.75) is 13.8 Å². The molecular weight excluding hydrogens is 262 g/mol. The Bertz CT molecular complexity index is 657. The second kappa shape index (κ2) is 5.17. The molecule has 0 amide bonds. The topological polar surface area (TPSA) is 71.9 Å². The number of hydrogen-bond donors (Lipinski definition) is 1. The van der Waals surface area contributed by atoms with E-state index >= 15 is 0 Å². The van der Waals surface area contributed by atoms with Crippen LogP contribution in [-0.4, -0.2) is 4.98 Å². The van der Waals surface area contributed by atoms with Crippen LogP contribution < -0.4 is 10.5 Å². The highest BCUT2D eigenvalue weighted by atomic mass is 35.5. The minimum absolute atomic E-state index is 0.352. The van der Waals surface area contributed by atoms with Gasteiger partial charge in [0, 0.05) is 11.8 Å². The maximum atomic E-state index is 9.17. The number of para-hydroxylation sites is 1. The normalized spacial score (nSPS) is 10.0. The fourth-order valence-electron chi connectivity index (χ4n) is 1.75. The quantitative estimate of drug-likeness (QED) is 0.849. The molecule has 1 aromatic carbocycles. The zero-order chi connectivity index (χ0) is 14.0. The van der Waals surface area contributed by atoms with Gasteiger partial charge in [0.05, 0.1) is 16.4 Å². The molecule has 2 rings (SSSR count). The molecule has 0 saturated carbocycles. The summed E-state index contributed by atoms with van der Waals surface area (Å²) in [4.78, 5) is 4.22. The van der Waals surface area contributed by atoms with Gasteiger partial charge in [0.1, 0.15) is 17.4 Å². The number of anilines is 1. The number of nitriles is 1. The molecule has 0 unspecified atom stereocenters. The molecule has 96 valence electrons. The van der Waals surface area contributed by atoms with Crippen molar-refractivity contribution < 1.29 is 4.74 Å². The Hall–Kier alpha value is -2.25. The summed E-state index contributed by atoms with van der Waals surface area (Å²) in [6.07, 6.45) is 0. The van der Waals surface area contributed by atoms with Crippen molar-refractivity contribution in [3.63, 3.8) is 0 Å². The molecule has 0 saturated heterocycles. The lowest BCUT2D eigenvalue weighted by Crippen LogP contribution is -1.98. The van der Waals surface area contributed by atoms with E-state index in [1.165, 1.54) is 0 Å². The van der Waals surface area contributed by atoms with Crippen LogP contribution in [0.2, 0.25) is 5.02 Å². The number of hydrogen-bond acceptors (Lipinski definition) is 4. The van der Waals surface area contributed by atoms with Crippen molar-refractivity contribution >= 4 is 17.3 Å². The van der Waals surface area contributed by atoms with Crippen molar-refractivity contribution in [3.8, 4) is 17.6 Å². The lowest BCUT2D eigenvalue weighted by molar-refractivity contribution is 0.481. The predicted molar refractivity (Wildman–Crippen MR) is 74.4 cm³/mol. The molecule has 2 N–H and O–H groups in total. The standard InChI is InChI=1S/C14H12ClN3O/c1-8-6-13(10(7-16)9(2)18-8)19-14-11(15)4-3-5-12(14)17/h3-6H,17H2,1-2H3. The number of halogens is 1. The van der Waals surface area contributed by atoms with E-state index in [2.05, 4.69) is 11.1 Å². The largest absolute Gasteiger partial charge is 0.452 e. The second-order valence-corrected chi connectivity index (χ2v) is 4.50. The van der Waals surface area contributed by atoms with E-state index < -0.39 is 0 Å². The van der Waals surface area contributed by atoms with E-state index in [4.69, 9.17) is 22.1 Å². The number of nitrogens with two attached hydrogens (primary N) is 1. The summed E-state index contributed by atoms with van der Waals surface area (Å²) in [5.74, 6) is 0.762. The second-order valence-electron chi connectivity index (χ2n) is 4.09. The van der Waals surface area contributed by atoms with E-state index in [0.29, 0.717) is 33.5 Å². The van der Waals surface area contributed by atoms with E-state index in [0.717, 1.165) is 5.69 Å². The van der Waals surface area contributed by atoms with Crippen LogP contribution in [0.15, 0.2) is 24.3 Å². The number of pyridine rings is 1. The molecular formula is C14H12ClN3O. The highest BCUT2D eigenvalue weighted by molar-refractivity contribution is 6.32. The average molecular weight is 274 g/mol. The van der Waals surface area contributed by atoms with Crippen LogP contribution in [0.4, 0.5) is 5.69 Å². The number of ether oxygens (including phenoxy) is 1. The maximum absolute atomic E-state index is 9.17. The van der Waals surface area contributed by atoms with Gasteiger partial charge in [-0.1, -0.05) is 17.7 Å². The first-order chi connectivity index (χ1) is 9.02. The van der Waals surface area contributed by atoms with Gasteiger partial charge < -0.3 is 10.5 Å². The molecule has 0 aliphatic carbocycles. The first kappa shape index (κ1) is 13.2. The summed E-state index contributed by atoms with van der Waals surface area (Å²) in [5.41, 5.74) is 8.00. The third kappa shape index (κ3) is 2.61. The van der Waals surface area contributed by atoms with Gasteiger partial charge in [0.25, 0.3) is 0 Å². The van der Waals surface area contributed by atoms with Crippen LogP contribution in [0.1, 0.15) is 17.0 Å². The lowest BCUT2D eigenvalue weighted by Gasteiger charge is -2.12. The monoisotopic (exact) mass is 273 g/mol. The highest BCUT2D eigenvalue weighted by Gasteiger charge is 2.13. The Labute approximate surface area is 116 Å². The van der Waals surface area contributed by atoms with Crippen LogP contribution in [0.25, 0.3) is 0 Å². The molecule has 19 heavy (non-hydrogen) atoms. The van der Waals surface area contributed by atoms with Gasteiger partial charge in [-0.3, -0.25) is 4.98 Å². The Morgan fingerprint density at radius 2 is 2.11 bits per heavy atom. The number of nitrogens with zero attached hydrogens (tertiary/aromatic N) is 2. The number of rotatable bonds is 2. The zero-order valence-electron chi connectivity index (χ0n) is 10.6. The van der Waals surface area contributed by atoms with Gasteiger partial charge in [0.15, 0.2) is 5.75 Å². The highest BCUT2D eigenvalue weighted by Crippen LogP contribution is 2.36. The molecule has 0 aliphatic heterocycles. The summed E-state index contributed by atoms with van der Waals surface area (Å²) in [6, 6.07) is 8.87. The van der Waals surface area contributed by atoms with E-state index in [1.54, 1.807) is 31.2 Å². The van der Waals surface area contributed by atoms with Crippen LogP contribution in [-0.2, 0) is 0 Å². The maximum Gasteiger partial charge on any atom is 0.168 e. The minimum atomic E-state index is 0.352. The fraction of sp³-hybridized carbons (Fsp3) is 0.143. The number of aromatic nitrogens is 1. The smallest absolute Gasteiger partial charge is 0.168 e. The molecule has 2 aromatic rings. The van der Waals surface area contributed by atoms with Crippen molar-refractivity contribution in [3.05, 3.63) is 46.2 Å². The Morgan fingerprint density at radius 1 is 1.37 bits per heavy atom. The molecule has 4 nitrogen and oxygen atoms in total. The number of benzene rings is 1. The lowest BCUT2D eigenvalue weighted by atomic mass is 10.2. The first-order valence-electron chi connectivity index (χ1n) is 5.63. The average Bonchev–Trinajstić information content (AvgIpc) is 2.33. The molecule has 1 heterocycles. The van der Waals surface area contributed by atoms with Crippen molar-refractivity contribution in [2.75, 3.05) is 5.73 Å². The Morgan fingerprint density at radius 3 is 2.74 bits per heavy atom. The zero-order valence-corrected chi connectivity index (χ0v) is 11.3. The van der Waals surface area contributed by atoms with Gasteiger partial charge in [-0.25, -0.2) is 0 Å². The summed E-state index contributed by atoms with van der Waals surface area (Å²) < 4.78 is 5.70. The van der Waals surface area contributed by atoms with Gasteiger partial charge in [-0.15, -0.1) is 0 Å². The summed E-state index contributed by atoms with van der Waals surface area (Å²) in [7, 11) is 0. The summed E-state index contributed by atoms with van der Waals surface area (Å²) >= 11 is 6.05. The van der Waals surface area contributed by atoms with Gasteiger partial charge in [-0.05, 0) is 26.0 Å². The Balaban J connectivity index is 2.53. The molecule has 0 bridgehead atoms. The minimum Gasteiger partial charge on any atom is -0.452 e. The fourth-order valence-corrected chi connectivity index (χ4v) is 1.97. The van der Waals surface area contributed by atoms with E-state index in [1.807, 2.05) is 6.92 Å². The third-order valence-corrected chi connectivity index (χ3v) is 2.91. The predicted octanol–water partition coefficient (Wildman–Crippen LogP) is 3.60.